The Morgan fingerprint density at radius 3 is 1.93 bits per heavy atom. The van der Waals surface area contributed by atoms with E-state index in [1.807, 2.05) is 103 Å². The fourth-order valence-electron chi connectivity index (χ4n) is 4.72. The maximum atomic E-state index is 13.5. The number of rotatable bonds is 12. The molecule has 8 nitrogen and oxygen atoms in total. The number of amides is 3. The maximum Gasteiger partial charge on any atom is 0.408 e. The molecule has 222 valence electrons. The highest BCUT2D eigenvalue weighted by Gasteiger charge is 2.33. The van der Waals surface area contributed by atoms with E-state index in [4.69, 9.17) is 4.74 Å². The highest BCUT2D eigenvalue weighted by molar-refractivity contribution is 6.38. The van der Waals surface area contributed by atoms with Crippen LogP contribution in [-0.4, -0.2) is 35.8 Å². The van der Waals surface area contributed by atoms with E-state index in [0.717, 1.165) is 27.5 Å². The molecule has 8 heteroatoms. The molecule has 4 aromatic carbocycles. The molecule has 0 aliphatic heterocycles. The topological polar surface area (TPSA) is 114 Å². The van der Waals surface area contributed by atoms with Crippen molar-refractivity contribution >= 4 is 34.5 Å². The van der Waals surface area contributed by atoms with Gasteiger partial charge in [0.2, 0.25) is 11.7 Å². The first-order valence-corrected chi connectivity index (χ1v) is 14.4. The molecule has 0 saturated carbocycles. The lowest BCUT2D eigenvalue weighted by Gasteiger charge is -2.25. The second-order valence-electron chi connectivity index (χ2n) is 10.8. The first-order chi connectivity index (χ1) is 20.7. The predicted molar refractivity (Wildman–Crippen MR) is 166 cm³/mol. The third-order valence-corrected chi connectivity index (χ3v) is 7.20. The molecule has 4 aromatic rings. The van der Waals surface area contributed by atoms with Gasteiger partial charge in [0.1, 0.15) is 12.6 Å². The monoisotopic (exact) mass is 579 g/mol. The van der Waals surface area contributed by atoms with E-state index in [-0.39, 0.29) is 18.9 Å². The van der Waals surface area contributed by atoms with Gasteiger partial charge in [0.05, 0.1) is 12.1 Å². The van der Waals surface area contributed by atoms with Crippen molar-refractivity contribution in [3.8, 4) is 0 Å². The van der Waals surface area contributed by atoms with E-state index in [1.54, 1.807) is 20.8 Å². The highest BCUT2D eigenvalue weighted by Crippen LogP contribution is 2.20. The Morgan fingerprint density at radius 2 is 1.28 bits per heavy atom. The van der Waals surface area contributed by atoms with Crippen molar-refractivity contribution in [1.82, 2.24) is 16.0 Å². The van der Waals surface area contributed by atoms with Gasteiger partial charge in [-0.25, -0.2) is 4.79 Å². The van der Waals surface area contributed by atoms with Gasteiger partial charge in [-0.1, -0.05) is 111 Å². The number of ether oxygens (including phenoxy) is 1. The molecule has 3 amide bonds. The summed E-state index contributed by atoms with van der Waals surface area (Å²) in [5.41, 5.74) is 2.46. The number of hydrogen-bond donors (Lipinski definition) is 3. The van der Waals surface area contributed by atoms with Crippen LogP contribution in [0.25, 0.3) is 10.8 Å². The predicted octanol–water partition coefficient (Wildman–Crippen LogP) is 5.26. The molecule has 0 bridgehead atoms. The summed E-state index contributed by atoms with van der Waals surface area (Å²) in [5, 5.41) is 10.2. The van der Waals surface area contributed by atoms with Crippen LogP contribution in [0.4, 0.5) is 4.79 Å². The summed E-state index contributed by atoms with van der Waals surface area (Å²) in [7, 11) is 0. The normalized spacial score (nSPS) is 13.0. The van der Waals surface area contributed by atoms with Crippen LogP contribution < -0.4 is 16.0 Å². The van der Waals surface area contributed by atoms with Crippen LogP contribution in [0.15, 0.2) is 103 Å². The molecule has 3 N–H and O–H groups in total. The van der Waals surface area contributed by atoms with Crippen LogP contribution in [0.1, 0.15) is 43.5 Å². The Labute approximate surface area is 251 Å². The minimum absolute atomic E-state index is 0.0367. The largest absolute Gasteiger partial charge is 0.445 e. The van der Waals surface area contributed by atoms with Gasteiger partial charge in [-0.15, -0.1) is 0 Å². The summed E-state index contributed by atoms with van der Waals surface area (Å²) >= 11 is 0. The third kappa shape index (κ3) is 8.75. The SMILES string of the molecule is CC(C)[C@H](NC(=O)[C@H](Cc1ccccc1)NC(=O)OCc1ccccc1)C(=O)C(=O)N[C@H](C)c1ccc2ccccc2c1. The van der Waals surface area contributed by atoms with E-state index in [1.165, 1.54) is 0 Å². The Bertz CT molecular complexity index is 1560. The molecule has 0 spiro atoms. The molecule has 0 aliphatic rings. The quantitative estimate of drug-likeness (QED) is 0.198. The van der Waals surface area contributed by atoms with E-state index >= 15 is 0 Å². The van der Waals surface area contributed by atoms with Gasteiger partial charge in [-0.2, -0.15) is 0 Å². The molecule has 4 rings (SSSR count). The van der Waals surface area contributed by atoms with Crippen molar-refractivity contribution in [3.05, 3.63) is 120 Å². The summed E-state index contributed by atoms with van der Waals surface area (Å²) in [6, 6.07) is 29.6. The van der Waals surface area contributed by atoms with Gasteiger partial charge in [-0.3, -0.25) is 14.4 Å². The van der Waals surface area contributed by atoms with Crippen LogP contribution in [0.2, 0.25) is 0 Å². The third-order valence-electron chi connectivity index (χ3n) is 7.20. The molecule has 0 aliphatic carbocycles. The number of nitrogens with one attached hydrogen (secondary N) is 3. The van der Waals surface area contributed by atoms with Crippen LogP contribution in [0, 0.1) is 5.92 Å². The van der Waals surface area contributed by atoms with Crippen LogP contribution in [0.5, 0.6) is 0 Å². The molecular weight excluding hydrogens is 542 g/mol. The lowest BCUT2D eigenvalue weighted by atomic mass is 9.97. The van der Waals surface area contributed by atoms with Crippen LogP contribution in [0.3, 0.4) is 0 Å². The molecule has 43 heavy (non-hydrogen) atoms. The standard InChI is InChI=1S/C35H37N3O5/c1-23(2)31(32(39)34(41)36-24(3)28-19-18-27-16-10-11-17-29(27)21-28)38-33(40)30(20-25-12-6-4-7-13-25)37-35(42)43-22-26-14-8-5-9-15-26/h4-19,21,23-24,30-31H,20,22H2,1-3H3,(H,36,41)(H,37,42)(H,38,40)/t24-,30+,31+/m1/s1. The van der Waals surface area contributed by atoms with E-state index in [2.05, 4.69) is 16.0 Å². The molecule has 0 saturated heterocycles. The second kappa shape index (κ2) is 14.8. The highest BCUT2D eigenvalue weighted by atomic mass is 16.5. The number of ketones is 1. The average molecular weight is 580 g/mol. The second-order valence-corrected chi connectivity index (χ2v) is 10.8. The maximum absolute atomic E-state index is 13.5. The number of carbonyl (C=O) groups excluding carboxylic acids is 4. The van der Waals surface area contributed by atoms with E-state index in [9.17, 15) is 19.2 Å². The summed E-state index contributed by atoms with van der Waals surface area (Å²) < 4.78 is 5.34. The molecule has 0 radical (unpaired) electrons. The lowest BCUT2D eigenvalue weighted by Crippen LogP contribution is -2.56. The number of alkyl carbamates (subject to hydrolysis) is 1. The van der Waals surface area contributed by atoms with Gasteiger partial charge >= 0.3 is 6.09 Å². The van der Waals surface area contributed by atoms with Crippen molar-refractivity contribution in [1.29, 1.82) is 0 Å². The zero-order chi connectivity index (χ0) is 30.8. The van der Waals surface area contributed by atoms with Crippen molar-refractivity contribution < 1.29 is 23.9 Å². The molecular formula is C35H37N3O5. The van der Waals surface area contributed by atoms with Crippen LogP contribution in [-0.2, 0) is 32.1 Å². The zero-order valence-corrected chi connectivity index (χ0v) is 24.6. The van der Waals surface area contributed by atoms with Crippen molar-refractivity contribution in [2.24, 2.45) is 5.92 Å². The smallest absolute Gasteiger partial charge is 0.408 e. The van der Waals surface area contributed by atoms with E-state index < -0.39 is 41.8 Å². The van der Waals surface area contributed by atoms with Gasteiger partial charge < -0.3 is 20.7 Å². The molecule has 0 unspecified atom stereocenters. The molecule has 0 aromatic heterocycles. The van der Waals surface area contributed by atoms with Gasteiger partial charge in [-0.05, 0) is 46.4 Å². The number of fused-ring (bicyclic) bond motifs is 1. The van der Waals surface area contributed by atoms with Crippen molar-refractivity contribution in [3.63, 3.8) is 0 Å². The van der Waals surface area contributed by atoms with Gasteiger partial charge in [0.15, 0.2) is 0 Å². The average Bonchev–Trinajstić information content (AvgIpc) is 3.02. The summed E-state index contributed by atoms with van der Waals surface area (Å²) in [4.78, 5) is 52.6. The number of Topliss-reactive ketones (excluding diaryl/α,β-unsaturated/α-hetero) is 1. The number of hydrogen-bond acceptors (Lipinski definition) is 5. The lowest BCUT2D eigenvalue weighted by molar-refractivity contribution is -0.141. The molecule has 0 heterocycles. The summed E-state index contributed by atoms with van der Waals surface area (Å²) in [5.74, 6) is -2.54. The Balaban J connectivity index is 1.43. The fraction of sp³-hybridized carbons (Fsp3) is 0.257. The van der Waals surface area contributed by atoms with Crippen molar-refractivity contribution in [2.45, 2.75) is 51.9 Å². The van der Waals surface area contributed by atoms with Crippen molar-refractivity contribution in [2.75, 3.05) is 0 Å². The number of benzene rings is 4. The van der Waals surface area contributed by atoms with E-state index in [0.29, 0.717) is 0 Å². The summed E-state index contributed by atoms with van der Waals surface area (Å²) in [6.45, 7) is 5.33. The van der Waals surface area contributed by atoms with Gasteiger partial charge in [0.25, 0.3) is 5.91 Å². The Hall–Kier alpha value is -4.98. The Morgan fingerprint density at radius 1 is 0.674 bits per heavy atom. The minimum Gasteiger partial charge on any atom is -0.445 e. The Kier molecular flexibility index (Phi) is 10.6. The van der Waals surface area contributed by atoms with Gasteiger partial charge in [0, 0.05) is 6.42 Å². The first kappa shape index (κ1) is 31.0. The molecule has 3 atom stereocenters. The fourth-order valence-corrected chi connectivity index (χ4v) is 4.72. The van der Waals surface area contributed by atoms with Crippen LogP contribution >= 0.6 is 0 Å². The molecule has 0 fully saturated rings. The summed E-state index contributed by atoms with van der Waals surface area (Å²) in [6.07, 6.45) is -0.605. The number of carbonyl (C=O) groups is 4. The zero-order valence-electron chi connectivity index (χ0n) is 24.6. The first-order valence-electron chi connectivity index (χ1n) is 14.4. The minimum atomic E-state index is -1.10.